The molecule has 3 nitrogen and oxygen atoms in total. The molecule has 0 bridgehead atoms. The van der Waals surface area contributed by atoms with Crippen LogP contribution in [0.5, 0.6) is 0 Å². The molecule has 1 aliphatic carbocycles. The van der Waals surface area contributed by atoms with Crippen LogP contribution in [0, 0.1) is 17.3 Å². The van der Waals surface area contributed by atoms with Crippen molar-refractivity contribution < 1.29 is 9.90 Å². The summed E-state index contributed by atoms with van der Waals surface area (Å²) in [5.74, 6) is 0.648. The van der Waals surface area contributed by atoms with Crippen LogP contribution in [0.2, 0.25) is 0 Å². The van der Waals surface area contributed by atoms with Gasteiger partial charge in [-0.3, -0.25) is 4.79 Å². The molecule has 0 aromatic heterocycles. The van der Waals surface area contributed by atoms with E-state index in [-0.39, 0.29) is 5.41 Å². The molecular weight excluding hydrogens is 190 g/mol. The van der Waals surface area contributed by atoms with Crippen molar-refractivity contribution in [3.8, 4) is 0 Å². The van der Waals surface area contributed by atoms with Crippen LogP contribution in [0.25, 0.3) is 0 Å². The van der Waals surface area contributed by atoms with Crippen molar-refractivity contribution in [2.45, 2.75) is 39.5 Å². The molecular formula is C12H23NO2. The largest absolute Gasteiger partial charge is 0.481 e. The van der Waals surface area contributed by atoms with E-state index in [0.717, 1.165) is 19.4 Å². The van der Waals surface area contributed by atoms with Crippen molar-refractivity contribution >= 4 is 5.97 Å². The van der Waals surface area contributed by atoms with E-state index in [4.69, 9.17) is 5.11 Å². The number of nitrogens with one attached hydrogen (secondary N) is 1. The van der Waals surface area contributed by atoms with Gasteiger partial charge in [-0.15, -0.1) is 0 Å². The number of hydrogen-bond acceptors (Lipinski definition) is 2. The Morgan fingerprint density at radius 3 is 2.33 bits per heavy atom. The van der Waals surface area contributed by atoms with Gasteiger partial charge in [0.05, 0.1) is 6.42 Å². The molecule has 1 saturated carbocycles. The number of carbonyl (C=O) groups is 1. The third-order valence-electron chi connectivity index (χ3n) is 3.45. The van der Waals surface area contributed by atoms with Crippen LogP contribution in [0.1, 0.15) is 39.5 Å². The van der Waals surface area contributed by atoms with Crippen molar-refractivity contribution in [3.63, 3.8) is 0 Å². The number of carboxylic acid groups (broad SMARTS) is 1. The second-order valence-corrected chi connectivity index (χ2v) is 5.46. The number of hydrogen-bond donors (Lipinski definition) is 2. The normalized spacial score (nSPS) is 36.5. The summed E-state index contributed by atoms with van der Waals surface area (Å²) in [5.41, 5.74) is -0.0162. The van der Waals surface area contributed by atoms with Crippen molar-refractivity contribution in [1.29, 1.82) is 0 Å². The second kappa shape index (κ2) is 4.97. The highest BCUT2D eigenvalue weighted by molar-refractivity contribution is 5.67. The minimum Gasteiger partial charge on any atom is -0.481 e. The van der Waals surface area contributed by atoms with E-state index in [2.05, 4.69) is 19.2 Å². The van der Waals surface area contributed by atoms with Gasteiger partial charge in [0.2, 0.25) is 0 Å². The number of aliphatic carboxylic acids is 1. The first-order valence-corrected chi connectivity index (χ1v) is 5.84. The fraction of sp³-hybridized carbons (Fsp3) is 0.917. The summed E-state index contributed by atoms with van der Waals surface area (Å²) in [4.78, 5) is 10.9. The molecule has 3 atom stereocenters. The van der Waals surface area contributed by atoms with Crippen LogP contribution in [-0.4, -0.2) is 24.7 Å². The lowest BCUT2D eigenvalue weighted by Gasteiger charge is -2.42. The van der Waals surface area contributed by atoms with Crippen molar-refractivity contribution in [3.05, 3.63) is 0 Å². The fourth-order valence-electron chi connectivity index (χ4n) is 3.46. The number of carboxylic acids is 1. The average Bonchev–Trinajstić information content (AvgIpc) is 1.99. The fourth-order valence-corrected chi connectivity index (χ4v) is 3.46. The average molecular weight is 213 g/mol. The third kappa shape index (κ3) is 3.49. The van der Waals surface area contributed by atoms with Gasteiger partial charge in [0.15, 0.2) is 0 Å². The quantitative estimate of drug-likeness (QED) is 0.752. The van der Waals surface area contributed by atoms with Crippen LogP contribution in [0.15, 0.2) is 0 Å². The smallest absolute Gasteiger partial charge is 0.303 e. The topological polar surface area (TPSA) is 49.3 Å². The molecule has 0 aromatic rings. The molecule has 2 N–H and O–H groups in total. The zero-order chi connectivity index (χ0) is 11.5. The van der Waals surface area contributed by atoms with E-state index in [9.17, 15) is 4.79 Å². The summed E-state index contributed by atoms with van der Waals surface area (Å²) in [6, 6.07) is 0. The van der Waals surface area contributed by atoms with Gasteiger partial charge in [-0.2, -0.15) is 0 Å². The zero-order valence-corrected chi connectivity index (χ0v) is 10.0. The first kappa shape index (κ1) is 12.5. The van der Waals surface area contributed by atoms with Crippen LogP contribution < -0.4 is 5.32 Å². The van der Waals surface area contributed by atoms with Gasteiger partial charge >= 0.3 is 5.97 Å². The Balaban J connectivity index is 2.73. The molecule has 0 aliphatic heterocycles. The lowest BCUT2D eigenvalue weighted by atomic mass is 9.64. The SMILES string of the molecule is CNC[C@]1(CC(=O)O)C[C@H](C)C[C@H](C)C1. The minimum atomic E-state index is -0.661. The van der Waals surface area contributed by atoms with E-state index in [0.29, 0.717) is 18.3 Å². The van der Waals surface area contributed by atoms with Gasteiger partial charge in [0.1, 0.15) is 0 Å². The molecule has 15 heavy (non-hydrogen) atoms. The maximum atomic E-state index is 10.9. The first-order chi connectivity index (χ1) is 6.97. The Morgan fingerprint density at radius 2 is 1.93 bits per heavy atom. The lowest BCUT2D eigenvalue weighted by Crippen LogP contribution is -2.40. The van der Waals surface area contributed by atoms with Crippen molar-refractivity contribution in [1.82, 2.24) is 5.32 Å². The predicted octanol–water partition coefficient (Wildman–Crippen LogP) is 2.12. The summed E-state index contributed by atoms with van der Waals surface area (Å²) in [5, 5.41) is 12.2. The Hall–Kier alpha value is -0.570. The standard InChI is InChI=1S/C12H23NO2/c1-9-4-10(2)6-12(5-9,8-13-3)7-11(14)15/h9-10,13H,4-8H2,1-3H3,(H,14,15)/t9-,10+,12-. The van der Waals surface area contributed by atoms with Gasteiger partial charge in [0, 0.05) is 6.54 Å². The Kier molecular flexibility index (Phi) is 4.14. The Labute approximate surface area is 92.3 Å². The van der Waals surface area contributed by atoms with Crippen LogP contribution in [0.4, 0.5) is 0 Å². The van der Waals surface area contributed by atoms with Gasteiger partial charge in [-0.05, 0) is 43.6 Å². The summed E-state index contributed by atoms with van der Waals surface area (Å²) in [6.07, 6.45) is 3.64. The summed E-state index contributed by atoms with van der Waals surface area (Å²) < 4.78 is 0. The summed E-state index contributed by atoms with van der Waals surface area (Å²) in [6.45, 7) is 5.30. The first-order valence-electron chi connectivity index (χ1n) is 5.84. The summed E-state index contributed by atoms with van der Waals surface area (Å²) in [7, 11) is 1.91. The minimum absolute atomic E-state index is 0.0162. The Bertz CT molecular complexity index is 218. The maximum Gasteiger partial charge on any atom is 0.303 e. The highest BCUT2D eigenvalue weighted by Crippen LogP contribution is 2.44. The lowest BCUT2D eigenvalue weighted by molar-refractivity contribution is -0.140. The predicted molar refractivity (Wildman–Crippen MR) is 60.8 cm³/mol. The molecule has 88 valence electrons. The van der Waals surface area contributed by atoms with E-state index in [1.165, 1.54) is 6.42 Å². The highest BCUT2D eigenvalue weighted by Gasteiger charge is 2.38. The van der Waals surface area contributed by atoms with Gasteiger partial charge in [-0.1, -0.05) is 13.8 Å². The maximum absolute atomic E-state index is 10.9. The van der Waals surface area contributed by atoms with E-state index < -0.39 is 5.97 Å². The molecule has 0 radical (unpaired) electrons. The molecule has 0 amide bonds. The molecule has 0 aromatic carbocycles. The van der Waals surface area contributed by atoms with Crippen molar-refractivity contribution in [2.24, 2.45) is 17.3 Å². The van der Waals surface area contributed by atoms with Gasteiger partial charge in [0.25, 0.3) is 0 Å². The zero-order valence-electron chi connectivity index (χ0n) is 10.0. The van der Waals surface area contributed by atoms with Crippen LogP contribution >= 0.6 is 0 Å². The Morgan fingerprint density at radius 1 is 1.40 bits per heavy atom. The van der Waals surface area contributed by atoms with Crippen LogP contribution in [0.3, 0.4) is 0 Å². The monoisotopic (exact) mass is 213 g/mol. The molecule has 0 heterocycles. The molecule has 1 rings (SSSR count). The van der Waals surface area contributed by atoms with Gasteiger partial charge < -0.3 is 10.4 Å². The third-order valence-corrected chi connectivity index (χ3v) is 3.45. The van der Waals surface area contributed by atoms with E-state index in [1.807, 2.05) is 7.05 Å². The second-order valence-electron chi connectivity index (χ2n) is 5.46. The van der Waals surface area contributed by atoms with E-state index >= 15 is 0 Å². The van der Waals surface area contributed by atoms with Crippen LogP contribution in [-0.2, 0) is 4.79 Å². The number of rotatable bonds is 4. The molecule has 1 aliphatic rings. The molecule has 0 saturated heterocycles. The summed E-state index contributed by atoms with van der Waals surface area (Å²) >= 11 is 0. The molecule has 0 spiro atoms. The highest BCUT2D eigenvalue weighted by atomic mass is 16.4. The molecule has 0 unspecified atom stereocenters. The molecule has 3 heteroatoms. The van der Waals surface area contributed by atoms with Gasteiger partial charge in [-0.25, -0.2) is 0 Å². The molecule has 1 fully saturated rings. The van der Waals surface area contributed by atoms with E-state index in [1.54, 1.807) is 0 Å². The van der Waals surface area contributed by atoms with Crippen molar-refractivity contribution in [2.75, 3.05) is 13.6 Å².